The highest BCUT2D eigenvalue weighted by Gasteiger charge is 2.32. The van der Waals surface area contributed by atoms with Crippen LogP contribution in [0.25, 0.3) is 0 Å². The summed E-state index contributed by atoms with van der Waals surface area (Å²) in [6.45, 7) is 3.64. The number of aromatic carboxylic acids is 1. The SMILES string of the molecule is CCO[C@H](c1cccnc1)c1[nH]c(C(=O)O)c([N+](=O)[O-])c1C. The van der Waals surface area contributed by atoms with Gasteiger partial charge in [0.25, 0.3) is 0 Å². The molecule has 0 fully saturated rings. The van der Waals surface area contributed by atoms with Crippen molar-refractivity contribution in [3.05, 3.63) is 57.2 Å². The van der Waals surface area contributed by atoms with Gasteiger partial charge in [0.05, 0.1) is 16.2 Å². The monoisotopic (exact) mass is 305 g/mol. The quantitative estimate of drug-likeness (QED) is 0.625. The van der Waals surface area contributed by atoms with E-state index in [1.165, 1.54) is 6.92 Å². The van der Waals surface area contributed by atoms with E-state index >= 15 is 0 Å². The first-order chi connectivity index (χ1) is 10.5. The van der Waals surface area contributed by atoms with E-state index in [0.29, 0.717) is 17.9 Å². The van der Waals surface area contributed by atoms with Crippen molar-refractivity contribution < 1.29 is 19.6 Å². The number of rotatable bonds is 6. The average molecular weight is 305 g/mol. The number of carboxylic acid groups (broad SMARTS) is 1. The zero-order valence-corrected chi connectivity index (χ0v) is 12.1. The molecule has 22 heavy (non-hydrogen) atoms. The highest BCUT2D eigenvalue weighted by atomic mass is 16.6. The summed E-state index contributed by atoms with van der Waals surface area (Å²) in [6.07, 6.45) is 2.53. The zero-order valence-electron chi connectivity index (χ0n) is 12.1. The lowest BCUT2D eigenvalue weighted by Gasteiger charge is -2.16. The van der Waals surface area contributed by atoms with E-state index in [2.05, 4.69) is 9.97 Å². The normalized spacial score (nSPS) is 12.1. The number of carboxylic acids is 1. The Morgan fingerprint density at radius 1 is 1.59 bits per heavy atom. The van der Waals surface area contributed by atoms with Crippen LogP contribution >= 0.6 is 0 Å². The lowest BCUT2D eigenvalue weighted by atomic mass is 10.1. The van der Waals surface area contributed by atoms with Crippen molar-refractivity contribution in [3.8, 4) is 0 Å². The number of carbonyl (C=O) groups is 1. The van der Waals surface area contributed by atoms with Crippen LogP contribution in [0.3, 0.4) is 0 Å². The van der Waals surface area contributed by atoms with E-state index in [1.807, 2.05) is 0 Å². The maximum atomic E-state index is 11.2. The van der Waals surface area contributed by atoms with Crippen LogP contribution in [0.15, 0.2) is 24.5 Å². The predicted molar refractivity (Wildman–Crippen MR) is 76.8 cm³/mol. The second-order valence-electron chi connectivity index (χ2n) is 4.57. The zero-order chi connectivity index (χ0) is 16.3. The van der Waals surface area contributed by atoms with Crippen molar-refractivity contribution in [2.24, 2.45) is 0 Å². The Labute approximate surface area is 125 Å². The van der Waals surface area contributed by atoms with Crippen molar-refractivity contribution in [1.29, 1.82) is 0 Å². The van der Waals surface area contributed by atoms with Gasteiger partial charge in [-0.3, -0.25) is 15.1 Å². The standard InChI is InChI=1S/C14H15N3O5/c1-3-22-13(9-5-4-6-15-7-9)10-8(2)12(17(20)21)11(16-10)14(18)19/h4-7,13,16H,3H2,1-2H3,(H,18,19)/t13-/m1/s1. The van der Waals surface area contributed by atoms with Gasteiger partial charge in [-0.15, -0.1) is 0 Å². The molecule has 2 aromatic rings. The molecular formula is C14H15N3O5. The molecule has 2 heterocycles. The molecule has 8 nitrogen and oxygen atoms in total. The first-order valence-electron chi connectivity index (χ1n) is 6.59. The Morgan fingerprint density at radius 2 is 2.32 bits per heavy atom. The Balaban J connectivity index is 2.60. The summed E-state index contributed by atoms with van der Waals surface area (Å²) in [5, 5.41) is 20.3. The number of aromatic nitrogens is 2. The molecule has 0 aromatic carbocycles. The highest BCUT2D eigenvalue weighted by molar-refractivity contribution is 5.91. The molecule has 0 amide bonds. The number of hydrogen-bond donors (Lipinski definition) is 2. The summed E-state index contributed by atoms with van der Waals surface area (Å²) in [5.74, 6) is -1.39. The molecular weight excluding hydrogens is 290 g/mol. The van der Waals surface area contributed by atoms with Gasteiger partial charge in [-0.2, -0.15) is 0 Å². The molecule has 0 saturated heterocycles. The Hall–Kier alpha value is -2.74. The van der Waals surface area contributed by atoms with Crippen LogP contribution in [0.1, 0.15) is 40.3 Å². The third kappa shape index (κ3) is 2.82. The third-order valence-electron chi connectivity index (χ3n) is 3.23. The highest BCUT2D eigenvalue weighted by Crippen LogP contribution is 2.34. The largest absolute Gasteiger partial charge is 0.476 e. The summed E-state index contributed by atoms with van der Waals surface area (Å²) in [7, 11) is 0. The van der Waals surface area contributed by atoms with Gasteiger partial charge in [0.15, 0.2) is 0 Å². The van der Waals surface area contributed by atoms with E-state index in [1.54, 1.807) is 31.5 Å². The molecule has 0 aliphatic rings. The smallest absolute Gasteiger partial charge is 0.359 e. The number of ether oxygens (including phenoxy) is 1. The van der Waals surface area contributed by atoms with Gasteiger partial charge in [-0.25, -0.2) is 4.79 Å². The van der Waals surface area contributed by atoms with Crippen LogP contribution in [-0.2, 0) is 4.74 Å². The van der Waals surface area contributed by atoms with Gasteiger partial charge in [0, 0.05) is 24.6 Å². The fourth-order valence-corrected chi connectivity index (χ4v) is 2.29. The molecule has 0 aliphatic heterocycles. The summed E-state index contributed by atoms with van der Waals surface area (Å²) in [5.41, 5.74) is 0.367. The predicted octanol–water partition coefficient (Wildman–Crippen LogP) is 2.45. The van der Waals surface area contributed by atoms with E-state index in [-0.39, 0.29) is 5.56 Å². The van der Waals surface area contributed by atoms with E-state index in [4.69, 9.17) is 9.84 Å². The first-order valence-corrected chi connectivity index (χ1v) is 6.59. The fraction of sp³-hybridized carbons (Fsp3) is 0.286. The number of nitrogens with one attached hydrogen (secondary N) is 1. The van der Waals surface area contributed by atoms with Crippen LogP contribution < -0.4 is 0 Å². The summed E-state index contributed by atoms with van der Waals surface area (Å²) in [6, 6.07) is 3.48. The minimum atomic E-state index is -1.39. The van der Waals surface area contributed by atoms with Gasteiger partial charge >= 0.3 is 11.7 Å². The molecule has 0 saturated carbocycles. The maximum absolute atomic E-state index is 11.2. The van der Waals surface area contributed by atoms with E-state index in [9.17, 15) is 14.9 Å². The second kappa shape index (κ2) is 6.35. The molecule has 0 aliphatic carbocycles. The molecule has 8 heteroatoms. The molecule has 1 atom stereocenters. The lowest BCUT2D eigenvalue weighted by molar-refractivity contribution is -0.385. The molecule has 116 valence electrons. The molecule has 2 N–H and O–H groups in total. The number of nitro groups is 1. The number of aromatic amines is 1. The van der Waals surface area contributed by atoms with E-state index in [0.717, 1.165) is 0 Å². The molecule has 0 radical (unpaired) electrons. The number of pyridine rings is 1. The van der Waals surface area contributed by atoms with Gasteiger partial charge in [0.1, 0.15) is 6.10 Å². The van der Waals surface area contributed by atoms with Gasteiger partial charge < -0.3 is 14.8 Å². The van der Waals surface area contributed by atoms with Crippen LogP contribution in [-0.4, -0.2) is 32.6 Å². The number of nitrogens with zero attached hydrogens (tertiary/aromatic N) is 2. The summed E-state index contributed by atoms with van der Waals surface area (Å²) < 4.78 is 5.64. The molecule has 0 bridgehead atoms. The van der Waals surface area contributed by atoms with Crippen LogP contribution in [0, 0.1) is 17.0 Å². The third-order valence-corrected chi connectivity index (χ3v) is 3.23. The van der Waals surface area contributed by atoms with Crippen molar-refractivity contribution in [2.75, 3.05) is 6.61 Å². The van der Waals surface area contributed by atoms with Crippen LogP contribution in [0.2, 0.25) is 0 Å². The Morgan fingerprint density at radius 3 is 2.77 bits per heavy atom. The van der Waals surface area contributed by atoms with Crippen molar-refractivity contribution in [1.82, 2.24) is 9.97 Å². The number of H-pyrrole nitrogens is 1. The molecule has 2 aromatic heterocycles. The topological polar surface area (TPSA) is 118 Å². The fourth-order valence-electron chi connectivity index (χ4n) is 2.29. The van der Waals surface area contributed by atoms with Gasteiger partial charge in [-0.05, 0) is 19.9 Å². The molecule has 0 unspecified atom stereocenters. The van der Waals surface area contributed by atoms with Crippen LogP contribution in [0.4, 0.5) is 5.69 Å². The van der Waals surface area contributed by atoms with Crippen molar-refractivity contribution >= 4 is 11.7 Å². The Bertz CT molecular complexity index is 696. The van der Waals surface area contributed by atoms with Gasteiger partial charge in [-0.1, -0.05) is 6.07 Å². The first kappa shape index (κ1) is 15.6. The van der Waals surface area contributed by atoms with E-state index < -0.39 is 28.4 Å². The van der Waals surface area contributed by atoms with Gasteiger partial charge in [0.2, 0.25) is 5.69 Å². The summed E-state index contributed by atoms with van der Waals surface area (Å²) in [4.78, 5) is 28.3. The van der Waals surface area contributed by atoms with Crippen molar-refractivity contribution in [2.45, 2.75) is 20.0 Å². The summed E-state index contributed by atoms with van der Waals surface area (Å²) >= 11 is 0. The molecule has 0 spiro atoms. The minimum Gasteiger partial charge on any atom is -0.476 e. The molecule has 2 rings (SSSR count). The average Bonchev–Trinajstić information content (AvgIpc) is 2.83. The minimum absolute atomic E-state index is 0.240. The Kier molecular flexibility index (Phi) is 4.52. The van der Waals surface area contributed by atoms with Crippen LogP contribution in [0.5, 0.6) is 0 Å². The maximum Gasteiger partial charge on any atom is 0.359 e. The van der Waals surface area contributed by atoms with Crippen molar-refractivity contribution in [3.63, 3.8) is 0 Å². The number of hydrogen-bond acceptors (Lipinski definition) is 5. The second-order valence-corrected chi connectivity index (χ2v) is 4.57. The lowest BCUT2D eigenvalue weighted by Crippen LogP contribution is -2.09.